The summed E-state index contributed by atoms with van der Waals surface area (Å²) >= 11 is 1.96. The monoisotopic (exact) mass is 337 g/mol. The molecule has 0 aliphatic heterocycles. The SMILES string of the molecule is CC(CNC(=O)c1cn(C)nc1I)C(=O)O. The van der Waals surface area contributed by atoms with Gasteiger partial charge in [0.25, 0.3) is 5.91 Å². The molecule has 0 spiro atoms. The fourth-order valence-corrected chi connectivity index (χ4v) is 1.77. The van der Waals surface area contributed by atoms with Crippen LogP contribution < -0.4 is 5.32 Å². The van der Waals surface area contributed by atoms with Crippen LogP contribution in [-0.4, -0.2) is 33.3 Å². The lowest BCUT2D eigenvalue weighted by atomic mass is 10.2. The van der Waals surface area contributed by atoms with Gasteiger partial charge in [0, 0.05) is 19.8 Å². The van der Waals surface area contributed by atoms with E-state index in [-0.39, 0.29) is 12.5 Å². The summed E-state index contributed by atoms with van der Waals surface area (Å²) in [5.74, 6) is -1.83. The molecular formula is C9H12IN3O3. The van der Waals surface area contributed by atoms with Crippen LogP contribution >= 0.6 is 22.6 Å². The molecule has 0 aliphatic rings. The van der Waals surface area contributed by atoms with Gasteiger partial charge in [-0.25, -0.2) is 0 Å². The summed E-state index contributed by atoms with van der Waals surface area (Å²) in [6.45, 7) is 1.65. The number of nitrogens with zero attached hydrogens (tertiary/aromatic N) is 2. The maximum absolute atomic E-state index is 11.6. The summed E-state index contributed by atoms with van der Waals surface area (Å²) in [6, 6.07) is 0. The van der Waals surface area contributed by atoms with E-state index in [9.17, 15) is 9.59 Å². The largest absolute Gasteiger partial charge is 0.481 e. The molecule has 0 bridgehead atoms. The van der Waals surface area contributed by atoms with E-state index in [4.69, 9.17) is 5.11 Å². The van der Waals surface area contributed by atoms with Crippen LogP contribution in [0.5, 0.6) is 0 Å². The molecule has 1 aromatic heterocycles. The molecule has 1 rings (SSSR count). The zero-order valence-electron chi connectivity index (χ0n) is 8.90. The predicted molar refractivity (Wildman–Crippen MR) is 65.1 cm³/mol. The molecule has 0 fully saturated rings. The Morgan fingerprint density at radius 2 is 2.31 bits per heavy atom. The molecule has 2 N–H and O–H groups in total. The number of hydrogen-bond donors (Lipinski definition) is 2. The van der Waals surface area contributed by atoms with Crippen molar-refractivity contribution in [1.82, 2.24) is 15.1 Å². The number of rotatable bonds is 4. The van der Waals surface area contributed by atoms with Gasteiger partial charge in [-0.2, -0.15) is 5.10 Å². The van der Waals surface area contributed by atoms with E-state index in [1.165, 1.54) is 11.6 Å². The van der Waals surface area contributed by atoms with Gasteiger partial charge in [0.05, 0.1) is 11.5 Å². The van der Waals surface area contributed by atoms with Crippen LogP contribution in [0.15, 0.2) is 6.20 Å². The molecule has 1 heterocycles. The third-order valence-electron chi connectivity index (χ3n) is 2.02. The molecule has 7 heteroatoms. The smallest absolute Gasteiger partial charge is 0.308 e. The van der Waals surface area contributed by atoms with Gasteiger partial charge in [0.1, 0.15) is 3.70 Å². The van der Waals surface area contributed by atoms with Gasteiger partial charge in [-0.3, -0.25) is 14.3 Å². The minimum absolute atomic E-state index is 0.110. The fraction of sp³-hybridized carbons (Fsp3) is 0.444. The first-order chi connectivity index (χ1) is 7.41. The first kappa shape index (κ1) is 12.9. The number of aromatic nitrogens is 2. The van der Waals surface area contributed by atoms with Crippen LogP contribution in [0.1, 0.15) is 17.3 Å². The Morgan fingerprint density at radius 3 is 2.75 bits per heavy atom. The van der Waals surface area contributed by atoms with E-state index in [0.29, 0.717) is 9.26 Å². The number of nitrogens with one attached hydrogen (secondary N) is 1. The minimum Gasteiger partial charge on any atom is -0.481 e. The Balaban J connectivity index is 2.60. The number of aryl methyl sites for hydroxylation is 1. The molecule has 0 saturated carbocycles. The summed E-state index contributed by atoms with van der Waals surface area (Å²) in [7, 11) is 1.72. The number of carbonyl (C=O) groups excluding carboxylic acids is 1. The van der Waals surface area contributed by atoms with Gasteiger partial charge < -0.3 is 10.4 Å². The maximum Gasteiger partial charge on any atom is 0.308 e. The van der Waals surface area contributed by atoms with E-state index in [1.807, 2.05) is 22.6 Å². The topological polar surface area (TPSA) is 84.2 Å². The number of amides is 1. The molecule has 1 unspecified atom stereocenters. The fourth-order valence-electron chi connectivity index (χ4n) is 1.04. The third kappa shape index (κ3) is 3.19. The van der Waals surface area contributed by atoms with E-state index in [0.717, 1.165) is 0 Å². The molecule has 0 aliphatic carbocycles. The van der Waals surface area contributed by atoms with E-state index in [1.54, 1.807) is 13.2 Å². The van der Waals surface area contributed by atoms with Crippen molar-refractivity contribution in [2.45, 2.75) is 6.92 Å². The Labute approximate surface area is 106 Å². The second-order valence-electron chi connectivity index (χ2n) is 3.46. The first-order valence-corrected chi connectivity index (χ1v) is 5.70. The first-order valence-electron chi connectivity index (χ1n) is 4.62. The van der Waals surface area contributed by atoms with Gasteiger partial charge in [-0.1, -0.05) is 6.92 Å². The zero-order valence-corrected chi connectivity index (χ0v) is 11.1. The summed E-state index contributed by atoms with van der Waals surface area (Å²) in [6.07, 6.45) is 1.60. The maximum atomic E-state index is 11.6. The highest BCUT2D eigenvalue weighted by Gasteiger charge is 2.16. The Kier molecular flexibility index (Phi) is 4.27. The van der Waals surface area contributed by atoms with Crippen molar-refractivity contribution in [3.63, 3.8) is 0 Å². The minimum atomic E-state index is -0.929. The van der Waals surface area contributed by atoms with E-state index < -0.39 is 11.9 Å². The second kappa shape index (κ2) is 5.28. The van der Waals surface area contributed by atoms with Crippen molar-refractivity contribution in [2.75, 3.05) is 6.54 Å². The predicted octanol–water partition coefficient (Wildman–Crippen LogP) is 0.475. The number of halogens is 1. The van der Waals surface area contributed by atoms with Crippen molar-refractivity contribution < 1.29 is 14.7 Å². The Bertz CT molecular complexity index is 416. The molecule has 0 saturated heterocycles. The zero-order chi connectivity index (χ0) is 12.3. The highest BCUT2D eigenvalue weighted by molar-refractivity contribution is 14.1. The van der Waals surface area contributed by atoms with Crippen molar-refractivity contribution in [3.05, 3.63) is 15.5 Å². The lowest BCUT2D eigenvalue weighted by Gasteiger charge is -2.07. The molecule has 16 heavy (non-hydrogen) atoms. The molecule has 0 aromatic carbocycles. The van der Waals surface area contributed by atoms with Gasteiger partial charge in [0.2, 0.25) is 0 Å². The Hall–Kier alpha value is -1.12. The molecule has 88 valence electrons. The third-order valence-corrected chi connectivity index (χ3v) is 2.82. The highest BCUT2D eigenvalue weighted by Crippen LogP contribution is 2.08. The molecular weight excluding hydrogens is 325 g/mol. The highest BCUT2D eigenvalue weighted by atomic mass is 127. The van der Waals surface area contributed by atoms with Gasteiger partial charge >= 0.3 is 5.97 Å². The number of aliphatic carboxylic acids is 1. The van der Waals surface area contributed by atoms with Crippen LogP contribution in [-0.2, 0) is 11.8 Å². The van der Waals surface area contributed by atoms with E-state index >= 15 is 0 Å². The number of carboxylic acid groups (broad SMARTS) is 1. The lowest BCUT2D eigenvalue weighted by molar-refractivity contribution is -0.140. The van der Waals surface area contributed by atoms with Crippen LogP contribution in [0.4, 0.5) is 0 Å². The molecule has 1 atom stereocenters. The Morgan fingerprint density at radius 1 is 1.69 bits per heavy atom. The van der Waals surface area contributed by atoms with Crippen LogP contribution in [0, 0.1) is 9.62 Å². The van der Waals surface area contributed by atoms with Crippen LogP contribution in [0.2, 0.25) is 0 Å². The van der Waals surface area contributed by atoms with Gasteiger partial charge in [0.15, 0.2) is 0 Å². The van der Waals surface area contributed by atoms with E-state index in [2.05, 4.69) is 10.4 Å². The molecule has 0 radical (unpaired) electrons. The van der Waals surface area contributed by atoms with Crippen molar-refractivity contribution >= 4 is 34.5 Å². The number of carbonyl (C=O) groups is 2. The molecule has 1 amide bonds. The number of hydrogen-bond acceptors (Lipinski definition) is 3. The standard InChI is InChI=1S/C9H12IN3O3/c1-5(9(15)16)3-11-8(14)6-4-13(2)12-7(6)10/h4-5H,3H2,1-2H3,(H,11,14)(H,15,16). The normalized spacial score (nSPS) is 12.2. The van der Waals surface area contributed by atoms with Crippen LogP contribution in [0.3, 0.4) is 0 Å². The molecule has 1 aromatic rings. The van der Waals surface area contributed by atoms with Gasteiger partial charge in [-0.15, -0.1) is 0 Å². The molecule has 6 nitrogen and oxygen atoms in total. The second-order valence-corrected chi connectivity index (χ2v) is 4.48. The van der Waals surface area contributed by atoms with Gasteiger partial charge in [-0.05, 0) is 22.6 Å². The number of carboxylic acids is 1. The lowest BCUT2D eigenvalue weighted by Crippen LogP contribution is -2.31. The summed E-state index contributed by atoms with van der Waals surface area (Å²) in [4.78, 5) is 22.2. The summed E-state index contributed by atoms with van der Waals surface area (Å²) in [5, 5.41) is 15.2. The average Bonchev–Trinajstić information content (AvgIpc) is 2.53. The summed E-state index contributed by atoms with van der Waals surface area (Å²) < 4.78 is 2.14. The van der Waals surface area contributed by atoms with Crippen molar-refractivity contribution in [3.8, 4) is 0 Å². The van der Waals surface area contributed by atoms with Crippen LogP contribution in [0.25, 0.3) is 0 Å². The van der Waals surface area contributed by atoms with Crippen molar-refractivity contribution in [1.29, 1.82) is 0 Å². The van der Waals surface area contributed by atoms with Crippen molar-refractivity contribution in [2.24, 2.45) is 13.0 Å². The quantitative estimate of drug-likeness (QED) is 0.783. The average molecular weight is 337 g/mol. The summed E-state index contributed by atoms with van der Waals surface area (Å²) in [5.41, 5.74) is 0.459.